The van der Waals surface area contributed by atoms with E-state index in [9.17, 15) is 0 Å². The number of aryl methyl sites for hydroxylation is 1. The van der Waals surface area contributed by atoms with Crippen molar-refractivity contribution in [1.82, 2.24) is 4.90 Å². The molecule has 0 saturated heterocycles. The van der Waals surface area contributed by atoms with E-state index in [4.69, 9.17) is 0 Å². The Morgan fingerprint density at radius 3 is 2.94 bits per heavy atom. The van der Waals surface area contributed by atoms with E-state index in [0.717, 1.165) is 13.0 Å². The average molecular weight is 218 g/mol. The third-order valence-electron chi connectivity index (χ3n) is 3.52. The van der Waals surface area contributed by atoms with Gasteiger partial charge in [0.25, 0.3) is 0 Å². The standard InChI is InChI=1S/C14H22N2/c1-11(16(2)3)9-12-6-7-14-13(10-12)5-4-8-15-14/h6-7,10-11,15H,4-5,8-9H2,1-3H3. The van der Waals surface area contributed by atoms with Crippen LogP contribution in [0.4, 0.5) is 5.69 Å². The van der Waals surface area contributed by atoms with Crippen LogP contribution in [0.25, 0.3) is 0 Å². The molecule has 1 N–H and O–H groups in total. The molecule has 1 aliphatic rings. The van der Waals surface area contributed by atoms with Gasteiger partial charge < -0.3 is 10.2 Å². The predicted octanol–water partition coefficient (Wildman–Crippen LogP) is 2.54. The summed E-state index contributed by atoms with van der Waals surface area (Å²) in [5.74, 6) is 0. The van der Waals surface area contributed by atoms with Crippen molar-refractivity contribution in [3.05, 3.63) is 29.3 Å². The van der Waals surface area contributed by atoms with Gasteiger partial charge >= 0.3 is 0 Å². The number of hydrogen-bond acceptors (Lipinski definition) is 2. The van der Waals surface area contributed by atoms with E-state index in [2.05, 4.69) is 49.4 Å². The summed E-state index contributed by atoms with van der Waals surface area (Å²) in [6, 6.07) is 7.49. The Bertz CT molecular complexity index is 358. The van der Waals surface area contributed by atoms with Crippen molar-refractivity contribution < 1.29 is 0 Å². The summed E-state index contributed by atoms with van der Waals surface area (Å²) in [6.07, 6.45) is 3.63. The number of anilines is 1. The number of rotatable bonds is 3. The molecule has 1 aliphatic heterocycles. The van der Waals surface area contributed by atoms with Gasteiger partial charge in [-0.2, -0.15) is 0 Å². The van der Waals surface area contributed by atoms with Gasteiger partial charge in [-0.3, -0.25) is 0 Å². The number of hydrogen-bond donors (Lipinski definition) is 1. The van der Waals surface area contributed by atoms with E-state index < -0.39 is 0 Å². The molecule has 88 valence electrons. The first-order valence-electron chi connectivity index (χ1n) is 6.19. The molecule has 1 aromatic rings. The first-order valence-corrected chi connectivity index (χ1v) is 6.19. The maximum absolute atomic E-state index is 3.46. The number of fused-ring (bicyclic) bond motifs is 1. The minimum absolute atomic E-state index is 0.606. The third-order valence-corrected chi connectivity index (χ3v) is 3.52. The highest BCUT2D eigenvalue weighted by Crippen LogP contribution is 2.23. The molecule has 0 bridgehead atoms. The molecule has 0 radical (unpaired) electrons. The van der Waals surface area contributed by atoms with Crippen molar-refractivity contribution in [3.63, 3.8) is 0 Å². The fourth-order valence-electron chi connectivity index (χ4n) is 2.18. The van der Waals surface area contributed by atoms with E-state index in [1.165, 1.54) is 29.7 Å². The Labute approximate surface area is 98.7 Å². The second kappa shape index (κ2) is 4.88. The van der Waals surface area contributed by atoms with Gasteiger partial charge in [0.15, 0.2) is 0 Å². The topological polar surface area (TPSA) is 15.3 Å². The third kappa shape index (κ3) is 2.56. The highest BCUT2D eigenvalue weighted by Gasteiger charge is 2.11. The van der Waals surface area contributed by atoms with Gasteiger partial charge in [0.1, 0.15) is 0 Å². The van der Waals surface area contributed by atoms with Crippen LogP contribution in [0.2, 0.25) is 0 Å². The summed E-state index contributed by atoms with van der Waals surface area (Å²) in [5, 5.41) is 3.46. The average Bonchev–Trinajstić information content (AvgIpc) is 2.28. The number of nitrogens with zero attached hydrogens (tertiary/aromatic N) is 1. The summed E-state index contributed by atoms with van der Waals surface area (Å²) >= 11 is 0. The van der Waals surface area contributed by atoms with Crippen LogP contribution in [-0.4, -0.2) is 31.6 Å². The molecule has 16 heavy (non-hydrogen) atoms. The van der Waals surface area contributed by atoms with Gasteiger partial charge in [-0.1, -0.05) is 12.1 Å². The van der Waals surface area contributed by atoms with Crippen LogP contribution in [0.1, 0.15) is 24.5 Å². The van der Waals surface area contributed by atoms with Gasteiger partial charge in [0.2, 0.25) is 0 Å². The van der Waals surface area contributed by atoms with Crippen LogP contribution in [0.3, 0.4) is 0 Å². The SMILES string of the molecule is CC(Cc1ccc2c(c1)CCCN2)N(C)C. The number of nitrogens with one attached hydrogen (secondary N) is 1. The molecule has 0 saturated carbocycles. The monoisotopic (exact) mass is 218 g/mol. The first kappa shape index (κ1) is 11.5. The molecule has 2 nitrogen and oxygen atoms in total. The summed E-state index contributed by atoms with van der Waals surface area (Å²) in [6.45, 7) is 3.40. The lowest BCUT2D eigenvalue weighted by Crippen LogP contribution is -2.26. The lowest BCUT2D eigenvalue weighted by molar-refractivity contribution is 0.312. The molecule has 0 spiro atoms. The molecule has 0 fully saturated rings. The normalized spacial score (nSPS) is 16.8. The Morgan fingerprint density at radius 2 is 2.19 bits per heavy atom. The zero-order chi connectivity index (χ0) is 11.5. The number of likely N-dealkylation sites (N-methyl/N-ethyl adjacent to an activating group) is 1. The molecule has 1 unspecified atom stereocenters. The molecule has 2 rings (SSSR count). The van der Waals surface area contributed by atoms with Crippen molar-refractivity contribution >= 4 is 5.69 Å². The summed E-state index contributed by atoms with van der Waals surface area (Å²) < 4.78 is 0. The molecule has 1 aromatic carbocycles. The summed E-state index contributed by atoms with van der Waals surface area (Å²) in [4.78, 5) is 2.28. The molecule has 0 aromatic heterocycles. The Morgan fingerprint density at radius 1 is 1.38 bits per heavy atom. The molecule has 2 heteroatoms. The van der Waals surface area contributed by atoms with Crippen molar-refractivity contribution in [3.8, 4) is 0 Å². The quantitative estimate of drug-likeness (QED) is 0.838. The van der Waals surface area contributed by atoms with E-state index >= 15 is 0 Å². The van der Waals surface area contributed by atoms with E-state index in [0.29, 0.717) is 6.04 Å². The van der Waals surface area contributed by atoms with Crippen molar-refractivity contribution in [1.29, 1.82) is 0 Å². The lowest BCUT2D eigenvalue weighted by Gasteiger charge is -2.22. The largest absolute Gasteiger partial charge is 0.385 e. The molecule has 1 atom stereocenters. The maximum atomic E-state index is 3.46. The molecular weight excluding hydrogens is 196 g/mol. The Hall–Kier alpha value is -1.02. The Kier molecular flexibility index (Phi) is 3.49. The Balaban J connectivity index is 2.11. The van der Waals surface area contributed by atoms with Crippen LogP contribution >= 0.6 is 0 Å². The maximum Gasteiger partial charge on any atom is 0.0372 e. The van der Waals surface area contributed by atoms with E-state index in [1.807, 2.05) is 0 Å². The smallest absolute Gasteiger partial charge is 0.0372 e. The molecule has 1 heterocycles. The van der Waals surface area contributed by atoms with Crippen LogP contribution in [0.15, 0.2) is 18.2 Å². The van der Waals surface area contributed by atoms with Crippen molar-refractivity contribution in [2.45, 2.75) is 32.2 Å². The van der Waals surface area contributed by atoms with Crippen LogP contribution < -0.4 is 5.32 Å². The lowest BCUT2D eigenvalue weighted by atomic mass is 9.98. The van der Waals surface area contributed by atoms with Crippen LogP contribution in [0.5, 0.6) is 0 Å². The molecule has 0 amide bonds. The number of benzene rings is 1. The molecule has 0 aliphatic carbocycles. The van der Waals surface area contributed by atoms with Crippen molar-refractivity contribution in [2.75, 3.05) is 26.0 Å². The first-order chi connectivity index (χ1) is 7.66. The fourth-order valence-corrected chi connectivity index (χ4v) is 2.18. The van der Waals surface area contributed by atoms with E-state index in [1.54, 1.807) is 0 Å². The highest BCUT2D eigenvalue weighted by atomic mass is 15.1. The van der Waals surface area contributed by atoms with Gasteiger partial charge in [-0.25, -0.2) is 0 Å². The predicted molar refractivity (Wildman–Crippen MR) is 70.1 cm³/mol. The van der Waals surface area contributed by atoms with Gasteiger partial charge in [-0.05, 0) is 57.5 Å². The second-order valence-corrected chi connectivity index (χ2v) is 5.04. The zero-order valence-electron chi connectivity index (χ0n) is 10.6. The van der Waals surface area contributed by atoms with E-state index in [-0.39, 0.29) is 0 Å². The molecular formula is C14H22N2. The van der Waals surface area contributed by atoms with Crippen LogP contribution in [0, 0.1) is 0 Å². The second-order valence-electron chi connectivity index (χ2n) is 5.04. The highest BCUT2D eigenvalue weighted by molar-refractivity contribution is 5.54. The van der Waals surface area contributed by atoms with Crippen molar-refractivity contribution in [2.24, 2.45) is 0 Å². The fraction of sp³-hybridized carbons (Fsp3) is 0.571. The summed E-state index contributed by atoms with van der Waals surface area (Å²) in [7, 11) is 4.29. The summed E-state index contributed by atoms with van der Waals surface area (Å²) in [5.41, 5.74) is 4.30. The van der Waals surface area contributed by atoms with Gasteiger partial charge in [-0.15, -0.1) is 0 Å². The minimum Gasteiger partial charge on any atom is -0.385 e. The van der Waals surface area contributed by atoms with Gasteiger partial charge in [0, 0.05) is 18.3 Å². The zero-order valence-corrected chi connectivity index (χ0v) is 10.6. The minimum atomic E-state index is 0.606. The van der Waals surface area contributed by atoms with Gasteiger partial charge in [0.05, 0.1) is 0 Å². The van der Waals surface area contributed by atoms with Crippen LogP contribution in [-0.2, 0) is 12.8 Å².